The number of halogens is 1. The fourth-order valence-electron chi connectivity index (χ4n) is 3.16. The lowest BCUT2D eigenvalue weighted by molar-refractivity contribution is -0.131. The van der Waals surface area contributed by atoms with Gasteiger partial charge in [0.1, 0.15) is 0 Å². The van der Waals surface area contributed by atoms with Crippen molar-refractivity contribution in [3.8, 4) is 0 Å². The van der Waals surface area contributed by atoms with Crippen molar-refractivity contribution in [2.24, 2.45) is 0 Å². The molecule has 0 spiro atoms. The van der Waals surface area contributed by atoms with E-state index in [2.05, 4.69) is 22.3 Å². The van der Waals surface area contributed by atoms with Crippen LogP contribution in [0, 0.1) is 0 Å². The normalized spacial score (nSPS) is 14.1. The summed E-state index contributed by atoms with van der Waals surface area (Å²) >= 11 is 5.82. The Balaban J connectivity index is 1.35. The van der Waals surface area contributed by atoms with Crippen LogP contribution < -0.4 is 10.2 Å². The van der Waals surface area contributed by atoms with Crippen LogP contribution in [0.5, 0.6) is 0 Å². The van der Waals surface area contributed by atoms with Crippen molar-refractivity contribution in [2.75, 3.05) is 37.6 Å². The first-order valence-electron chi connectivity index (χ1n) is 9.25. The van der Waals surface area contributed by atoms with E-state index in [9.17, 15) is 9.59 Å². The highest BCUT2D eigenvalue weighted by molar-refractivity contribution is 6.30. The second-order valence-electron chi connectivity index (χ2n) is 6.57. The molecule has 142 valence electrons. The Hall–Kier alpha value is -2.53. The second-order valence-corrected chi connectivity index (χ2v) is 7.01. The number of carbonyl (C=O) groups is 2. The van der Waals surface area contributed by atoms with Crippen molar-refractivity contribution in [3.05, 3.63) is 65.2 Å². The lowest BCUT2D eigenvalue weighted by Crippen LogP contribution is -2.48. The lowest BCUT2D eigenvalue weighted by Gasteiger charge is -2.36. The smallest absolute Gasteiger partial charge is 0.251 e. The summed E-state index contributed by atoms with van der Waals surface area (Å²) < 4.78 is 0. The number of anilines is 1. The molecule has 0 aliphatic carbocycles. The monoisotopic (exact) mass is 385 g/mol. The number of benzene rings is 2. The van der Waals surface area contributed by atoms with Gasteiger partial charge in [-0.25, -0.2) is 0 Å². The fraction of sp³-hybridized carbons (Fsp3) is 0.333. The molecule has 6 heteroatoms. The molecule has 2 aromatic rings. The molecule has 2 aromatic carbocycles. The summed E-state index contributed by atoms with van der Waals surface area (Å²) in [6.07, 6.45) is 1.09. The number of nitrogens with zero attached hydrogens (tertiary/aromatic N) is 2. The summed E-state index contributed by atoms with van der Waals surface area (Å²) in [6, 6.07) is 17.0. The molecule has 0 saturated carbocycles. The minimum atomic E-state index is -0.143. The van der Waals surface area contributed by atoms with Gasteiger partial charge in [-0.2, -0.15) is 0 Å². The maximum atomic E-state index is 12.4. The van der Waals surface area contributed by atoms with E-state index in [0.29, 0.717) is 30.0 Å². The molecule has 1 aliphatic rings. The van der Waals surface area contributed by atoms with E-state index < -0.39 is 0 Å². The SMILES string of the molecule is O=C(NCCCC(=O)N1CCN(c2ccccc2)CC1)c1ccc(Cl)cc1. The zero-order chi connectivity index (χ0) is 19.1. The third-order valence-corrected chi connectivity index (χ3v) is 4.97. The highest BCUT2D eigenvalue weighted by atomic mass is 35.5. The van der Waals surface area contributed by atoms with E-state index in [4.69, 9.17) is 11.6 Å². The van der Waals surface area contributed by atoms with E-state index in [-0.39, 0.29) is 11.8 Å². The zero-order valence-corrected chi connectivity index (χ0v) is 16.0. The van der Waals surface area contributed by atoms with Gasteiger partial charge in [-0.15, -0.1) is 0 Å². The summed E-state index contributed by atoms with van der Waals surface area (Å²) in [5.74, 6) is 0.0130. The summed E-state index contributed by atoms with van der Waals surface area (Å²) in [5.41, 5.74) is 1.78. The van der Waals surface area contributed by atoms with Crippen LogP contribution in [-0.2, 0) is 4.79 Å². The van der Waals surface area contributed by atoms with Gasteiger partial charge in [0.2, 0.25) is 5.91 Å². The molecule has 1 aliphatic heterocycles. The molecule has 1 saturated heterocycles. The van der Waals surface area contributed by atoms with Crippen LogP contribution in [-0.4, -0.2) is 49.4 Å². The Kier molecular flexibility index (Phi) is 6.71. The highest BCUT2D eigenvalue weighted by Crippen LogP contribution is 2.16. The number of piperazine rings is 1. The molecule has 0 atom stereocenters. The van der Waals surface area contributed by atoms with Gasteiger partial charge in [-0.05, 0) is 42.8 Å². The van der Waals surface area contributed by atoms with Crippen molar-refractivity contribution in [2.45, 2.75) is 12.8 Å². The molecular weight excluding hydrogens is 362 g/mol. The largest absolute Gasteiger partial charge is 0.368 e. The van der Waals surface area contributed by atoms with Gasteiger partial charge in [-0.1, -0.05) is 29.8 Å². The topological polar surface area (TPSA) is 52.7 Å². The molecule has 0 radical (unpaired) electrons. The molecule has 1 fully saturated rings. The molecule has 1 heterocycles. The van der Waals surface area contributed by atoms with Crippen LogP contribution in [0.25, 0.3) is 0 Å². The minimum absolute atomic E-state index is 0.143. The van der Waals surface area contributed by atoms with Crippen LogP contribution in [0.1, 0.15) is 23.2 Å². The number of nitrogens with one attached hydrogen (secondary N) is 1. The maximum absolute atomic E-state index is 12.4. The number of hydrogen-bond acceptors (Lipinski definition) is 3. The highest BCUT2D eigenvalue weighted by Gasteiger charge is 2.20. The molecule has 1 N–H and O–H groups in total. The quantitative estimate of drug-likeness (QED) is 0.777. The van der Waals surface area contributed by atoms with Crippen molar-refractivity contribution >= 4 is 29.1 Å². The number of rotatable bonds is 6. The van der Waals surface area contributed by atoms with Gasteiger partial charge >= 0.3 is 0 Å². The van der Waals surface area contributed by atoms with Crippen molar-refractivity contribution < 1.29 is 9.59 Å². The molecule has 27 heavy (non-hydrogen) atoms. The number of para-hydroxylation sites is 1. The lowest BCUT2D eigenvalue weighted by atomic mass is 10.2. The number of amides is 2. The summed E-state index contributed by atoms with van der Waals surface area (Å²) in [6.45, 7) is 3.67. The summed E-state index contributed by atoms with van der Waals surface area (Å²) in [7, 11) is 0. The average Bonchev–Trinajstić information content (AvgIpc) is 2.72. The maximum Gasteiger partial charge on any atom is 0.251 e. The first kappa shape index (κ1) is 19.2. The first-order valence-corrected chi connectivity index (χ1v) is 9.63. The number of hydrogen-bond donors (Lipinski definition) is 1. The molecule has 0 unspecified atom stereocenters. The van der Waals surface area contributed by atoms with Crippen molar-refractivity contribution in [1.29, 1.82) is 0 Å². The van der Waals surface area contributed by atoms with Gasteiger partial charge < -0.3 is 15.1 Å². The summed E-state index contributed by atoms with van der Waals surface area (Å²) in [5, 5.41) is 3.45. The molecule has 0 bridgehead atoms. The predicted molar refractivity (Wildman–Crippen MR) is 108 cm³/mol. The van der Waals surface area contributed by atoms with Crippen molar-refractivity contribution in [1.82, 2.24) is 10.2 Å². The molecule has 0 aromatic heterocycles. The van der Waals surface area contributed by atoms with E-state index in [1.54, 1.807) is 24.3 Å². The minimum Gasteiger partial charge on any atom is -0.368 e. The Morgan fingerprint density at radius 1 is 0.926 bits per heavy atom. The van der Waals surface area contributed by atoms with Crippen LogP contribution >= 0.6 is 11.6 Å². The zero-order valence-electron chi connectivity index (χ0n) is 15.2. The van der Waals surface area contributed by atoms with Crippen LogP contribution in [0.4, 0.5) is 5.69 Å². The average molecular weight is 386 g/mol. The predicted octanol–water partition coefficient (Wildman–Crippen LogP) is 3.20. The van der Waals surface area contributed by atoms with Crippen molar-refractivity contribution in [3.63, 3.8) is 0 Å². The summed E-state index contributed by atoms with van der Waals surface area (Å²) in [4.78, 5) is 28.6. The Morgan fingerprint density at radius 3 is 2.26 bits per heavy atom. The molecule has 3 rings (SSSR count). The van der Waals surface area contributed by atoms with Gasteiger partial charge in [0, 0.05) is 55.4 Å². The molecule has 5 nitrogen and oxygen atoms in total. The third-order valence-electron chi connectivity index (χ3n) is 4.71. The van der Waals surface area contributed by atoms with E-state index >= 15 is 0 Å². The Bertz CT molecular complexity index is 757. The Labute approximate surface area is 164 Å². The van der Waals surface area contributed by atoms with E-state index in [1.165, 1.54) is 5.69 Å². The second kappa shape index (κ2) is 9.42. The van der Waals surface area contributed by atoms with E-state index in [0.717, 1.165) is 26.2 Å². The standard InChI is InChI=1S/C21H24ClN3O2/c22-18-10-8-17(9-11-18)21(27)23-12-4-7-20(26)25-15-13-24(14-16-25)19-5-2-1-3-6-19/h1-3,5-6,8-11H,4,7,12-16H2,(H,23,27). The van der Waals surface area contributed by atoms with Gasteiger partial charge in [0.15, 0.2) is 0 Å². The van der Waals surface area contributed by atoms with E-state index in [1.807, 2.05) is 23.1 Å². The van der Waals surface area contributed by atoms with Crippen LogP contribution in [0.3, 0.4) is 0 Å². The number of carbonyl (C=O) groups excluding carboxylic acids is 2. The fourth-order valence-corrected chi connectivity index (χ4v) is 3.28. The van der Waals surface area contributed by atoms with Gasteiger partial charge in [0.25, 0.3) is 5.91 Å². The first-order chi connectivity index (χ1) is 13.1. The van der Waals surface area contributed by atoms with Crippen LogP contribution in [0.15, 0.2) is 54.6 Å². The Morgan fingerprint density at radius 2 is 1.59 bits per heavy atom. The van der Waals surface area contributed by atoms with Gasteiger partial charge in [-0.3, -0.25) is 9.59 Å². The molecular formula is C21H24ClN3O2. The van der Waals surface area contributed by atoms with Crippen LogP contribution in [0.2, 0.25) is 5.02 Å². The van der Waals surface area contributed by atoms with Gasteiger partial charge in [0.05, 0.1) is 0 Å². The third kappa shape index (κ3) is 5.47. The molecule has 2 amide bonds.